The molecule has 56 valence electrons. The molecule has 0 saturated carbocycles. The minimum Gasteiger partial charge on any atom is -0.464 e. The molecule has 2 nitrogen and oxygen atoms in total. The highest BCUT2D eigenvalue weighted by Crippen LogP contribution is 2.08. The van der Waals surface area contributed by atoms with Crippen LogP contribution in [0.1, 0.15) is 11.5 Å². The van der Waals surface area contributed by atoms with E-state index in [4.69, 9.17) is 4.42 Å². The highest BCUT2D eigenvalue weighted by molar-refractivity contribution is 7.79. The number of nitrogens with one attached hydrogen (secondary N) is 1. The van der Waals surface area contributed by atoms with Crippen LogP contribution in [0, 0.1) is 0 Å². The zero-order valence-electron chi connectivity index (χ0n) is 5.92. The van der Waals surface area contributed by atoms with Gasteiger partial charge in [-0.3, -0.25) is 0 Å². The van der Waals surface area contributed by atoms with Crippen molar-refractivity contribution >= 4 is 12.6 Å². The van der Waals surface area contributed by atoms with Crippen LogP contribution in [0.5, 0.6) is 0 Å². The van der Waals surface area contributed by atoms with E-state index >= 15 is 0 Å². The summed E-state index contributed by atoms with van der Waals surface area (Å²) in [4.78, 5) is 0. The largest absolute Gasteiger partial charge is 0.464 e. The van der Waals surface area contributed by atoms with Gasteiger partial charge in [0.2, 0.25) is 0 Å². The molecule has 0 radical (unpaired) electrons. The molecule has 1 heterocycles. The van der Waals surface area contributed by atoms with Crippen molar-refractivity contribution in [3.8, 4) is 0 Å². The summed E-state index contributed by atoms with van der Waals surface area (Å²) in [6.07, 6.45) is 0. The Morgan fingerprint density at radius 3 is 2.70 bits per heavy atom. The minimum atomic E-state index is 0.670. The molecule has 1 aromatic rings. The Labute approximate surface area is 66.0 Å². The molecule has 0 aliphatic heterocycles. The summed E-state index contributed by atoms with van der Waals surface area (Å²) in [7, 11) is 1.89. The van der Waals surface area contributed by atoms with Crippen LogP contribution in [0.4, 0.5) is 0 Å². The van der Waals surface area contributed by atoms with E-state index < -0.39 is 0 Å². The first-order valence-corrected chi connectivity index (χ1v) is 3.83. The van der Waals surface area contributed by atoms with E-state index in [2.05, 4.69) is 17.9 Å². The van der Waals surface area contributed by atoms with Crippen molar-refractivity contribution in [2.45, 2.75) is 12.3 Å². The molecule has 1 rings (SSSR count). The molecule has 0 fully saturated rings. The van der Waals surface area contributed by atoms with Gasteiger partial charge >= 0.3 is 0 Å². The molecule has 0 amide bonds. The maximum Gasteiger partial charge on any atom is 0.117 e. The average molecular weight is 157 g/mol. The third-order valence-electron chi connectivity index (χ3n) is 1.22. The van der Waals surface area contributed by atoms with Gasteiger partial charge < -0.3 is 9.73 Å². The zero-order valence-corrected chi connectivity index (χ0v) is 6.82. The maximum atomic E-state index is 5.33. The van der Waals surface area contributed by atoms with E-state index in [1.165, 1.54) is 0 Å². The van der Waals surface area contributed by atoms with Crippen LogP contribution in [-0.4, -0.2) is 7.05 Å². The lowest BCUT2D eigenvalue weighted by atomic mass is 10.4. The molecule has 0 atom stereocenters. The monoisotopic (exact) mass is 157 g/mol. The number of hydrogen-bond acceptors (Lipinski definition) is 3. The lowest BCUT2D eigenvalue weighted by Crippen LogP contribution is -2.03. The molecular weight excluding hydrogens is 146 g/mol. The van der Waals surface area contributed by atoms with E-state index in [-0.39, 0.29) is 0 Å². The van der Waals surface area contributed by atoms with Crippen molar-refractivity contribution in [2.75, 3.05) is 7.05 Å². The average Bonchev–Trinajstić information content (AvgIpc) is 2.37. The summed E-state index contributed by atoms with van der Waals surface area (Å²) < 4.78 is 5.33. The second-order valence-electron chi connectivity index (χ2n) is 2.06. The Morgan fingerprint density at radius 2 is 2.20 bits per heavy atom. The Balaban J connectivity index is 2.59. The number of furan rings is 1. The molecule has 0 saturated heterocycles. The summed E-state index contributed by atoms with van der Waals surface area (Å²) in [5.41, 5.74) is 0. The van der Waals surface area contributed by atoms with Crippen LogP contribution in [0.2, 0.25) is 0 Å². The molecule has 10 heavy (non-hydrogen) atoms. The fraction of sp³-hybridized carbons (Fsp3) is 0.429. The van der Waals surface area contributed by atoms with E-state index in [0.29, 0.717) is 5.75 Å². The summed E-state index contributed by atoms with van der Waals surface area (Å²) in [6.45, 7) is 0.785. The quantitative estimate of drug-likeness (QED) is 0.649. The van der Waals surface area contributed by atoms with Crippen molar-refractivity contribution in [2.24, 2.45) is 0 Å². The van der Waals surface area contributed by atoms with Crippen LogP contribution < -0.4 is 5.32 Å². The van der Waals surface area contributed by atoms with Gasteiger partial charge in [-0.05, 0) is 19.2 Å². The third kappa shape index (κ3) is 1.78. The first kappa shape index (κ1) is 7.69. The lowest BCUT2D eigenvalue weighted by Gasteiger charge is -1.91. The highest BCUT2D eigenvalue weighted by Gasteiger charge is 1.97. The first-order chi connectivity index (χ1) is 4.86. The highest BCUT2D eigenvalue weighted by atomic mass is 32.1. The van der Waals surface area contributed by atoms with Crippen LogP contribution in [0.25, 0.3) is 0 Å². The first-order valence-electron chi connectivity index (χ1n) is 3.20. The standard InChI is InChI=1S/C7H11NOS/c1-8-4-6-2-3-7(5-10)9-6/h2-3,8,10H,4-5H2,1H3. The van der Waals surface area contributed by atoms with E-state index in [1.807, 2.05) is 19.2 Å². The van der Waals surface area contributed by atoms with Crippen molar-refractivity contribution in [3.63, 3.8) is 0 Å². The fourth-order valence-electron chi connectivity index (χ4n) is 0.777. The van der Waals surface area contributed by atoms with Gasteiger partial charge in [0.15, 0.2) is 0 Å². The minimum absolute atomic E-state index is 0.670. The molecular formula is C7H11NOS. The van der Waals surface area contributed by atoms with Crippen LogP contribution in [-0.2, 0) is 12.3 Å². The van der Waals surface area contributed by atoms with Gasteiger partial charge in [0.1, 0.15) is 11.5 Å². The van der Waals surface area contributed by atoms with E-state index in [1.54, 1.807) is 0 Å². The van der Waals surface area contributed by atoms with E-state index in [9.17, 15) is 0 Å². The van der Waals surface area contributed by atoms with Crippen molar-refractivity contribution in [1.82, 2.24) is 5.32 Å². The number of rotatable bonds is 3. The van der Waals surface area contributed by atoms with Gasteiger partial charge in [0.25, 0.3) is 0 Å². The summed E-state index contributed by atoms with van der Waals surface area (Å²) in [5, 5.41) is 3.00. The molecule has 0 bridgehead atoms. The van der Waals surface area contributed by atoms with Gasteiger partial charge in [-0.2, -0.15) is 12.6 Å². The van der Waals surface area contributed by atoms with Gasteiger partial charge in [-0.25, -0.2) is 0 Å². The normalized spacial score (nSPS) is 10.2. The third-order valence-corrected chi connectivity index (χ3v) is 1.54. The fourth-order valence-corrected chi connectivity index (χ4v) is 0.946. The number of thiol groups is 1. The Morgan fingerprint density at radius 1 is 1.50 bits per heavy atom. The molecule has 1 aromatic heterocycles. The van der Waals surface area contributed by atoms with Gasteiger partial charge in [-0.15, -0.1) is 0 Å². The molecule has 1 N–H and O–H groups in total. The molecule has 0 aliphatic carbocycles. The Kier molecular flexibility index (Phi) is 2.83. The SMILES string of the molecule is CNCc1ccc(CS)o1. The predicted molar refractivity (Wildman–Crippen MR) is 44.2 cm³/mol. The van der Waals surface area contributed by atoms with Crippen LogP contribution in [0.3, 0.4) is 0 Å². The van der Waals surface area contributed by atoms with Gasteiger partial charge in [0.05, 0.1) is 6.54 Å². The Hall–Kier alpha value is -0.410. The molecule has 0 aromatic carbocycles. The molecule has 0 spiro atoms. The molecule has 3 heteroatoms. The van der Waals surface area contributed by atoms with Crippen molar-refractivity contribution in [3.05, 3.63) is 23.7 Å². The number of hydrogen-bond donors (Lipinski definition) is 2. The van der Waals surface area contributed by atoms with E-state index in [0.717, 1.165) is 18.1 Å². The summed E-state index contributed by atoms with van der Waals surface area (Å²) >= 11 is 4.08. The van der Waals surface area contributed by atoms with Gasteiger partial charge in [-0.1, -0.05) is 0 Å². The van der Waals surface area contributed by atoms with Crippen LogP contribution >= 0.6 is 12.6 Å². The summed E-state index contributed by atoms with van der Waals surface area (Å²) in [6, 6.07) is 3.90. The second kappa shape index (κ2) is 3.68. The van der Waals surface area contributed by atoms with Gasteiger partial charge in [0, 0.05) is 5.75 Å². The molecule has 0 aliphatic rings. The topological polar surface area (TPSA) is 25.2 Å². The van der Waals surface area contributed by atoms with Crippen LogP contribution in [0.15, 0.2) is 16.5 Å². The maximum absolute atomic E-state index is 5.33. The Bertz CT molecular complexity index is 197. The molecule has 0 unspecified atom stereocenters. The van der Waals surface area contributed by atoms with Crippen molar-refractivity contribution < 1.29 is 4.42 Å². The van der Waals surface area contributed by atoms with Crippen molar-refractivity contribution in [1.29, 1.82) is 0 Å². The zero-order chi connectivity index (χ0) is 7.40. The predicted octanol–water partition coefficient (Wildman–Crippen LogP) is 1.43. The second-order valence-corrected chi connectivity index (χ2v) is 2.37. The summed E-state index contributed by atoms with van der Waals surface area (Å²) in [5.74, 6) is 2.56. The lowest BCUT2D eigenvalue weighted by molar-refractivity contribution is 0.469. The smallest absolute Gasteiger partial charge is 0.117 e.